The van der Waals surface area contributed by atoms with Gasteiger partial charge in [0, 0.05) is 39.5 Å². The highest BCUT2D eigenvalue weighted by Gasteiger charge is 2.13. The molecule has 0 atom stereocenters. The molecule has 2 N–H and O–H groups in total. The summed E-state index contributed by atoms with van der Waals surface area (Å²) in [5, 5.41) is 6.65. The van der Waals surface area contributed by atoms with E-state index in [1.54, 1.807) is 7.11 Å². The van der Waals surface area contributed by atoms with E-state index in [0.29, 0.717) is 12.5 Å². The second kappa shape index (κ2) is 13.0. The van der Waals surface area contributed by atoms with Crippen molar-refractivity contribution < 1.29 is 14.2 Å². The highest BCUT2D eigenvalue weighted by atomic mass is 79.9. The van der Waals surface area contributed by atoms with Gasteiger partial charge in [0.05, 0.1) is 18.1 Å². The molecule has 2 rings (SSSR count). The number of benzene rings is 1. The van der Waals surface area contributed by atoms with Crippen LogP contribution in [-0.4, -0.2) is 52.6 Å². The zero-order chi connectivity index (χ0) is 19.3. The molecule has 0 aromatic heterocycles. The number of ether oxygens (including phenoxy) is 3. The highest BCUT2D eigenvalue weighted by Crippen LogP contribution is 2.25. The largest absolute Gasteiger partial charge is 0.496 e. The fourth-order valence-electron chi connectivity index (χ4n) is 2.86. The number of hydrogen-bond acceptors (Lipinski definition) is 4. The average Bonchev–Trinajstić information content (AvgIpc) is 2.69. The van der Waals surface area contributed by atoms with Crippen LogP contribution in [0.2, 0.25) is 0 Å². The normalized spacial score (nSPS) is 15.6. The predicted octanol–water partition coefficient (Wildman–Crippen LogP) is 3.35. The minimum absolute atomic E-state index is 0.609. The predicted molar refractivity (Wildman–Crippen MR) is 112 cm³/mol. The minimum atomic E-state index is 0.609. The second-order valence-electron chi connectivity index (χ2n) is 6.58. The lowest BCUT2D eigenvalue weighted by atomic mass is 10.0. The molecule has 1 aromatic rings. The number of nitrogens with one attached hydrogen (secondary N) is 2. The van der Waals surface area contributed by atoms with Crippen molar-refractivity contribution in [3.05, 3.63) is 28.2 Å². The molecule has 6 nitrogen and oxygen atoms in total. The maximum Gasteiger partial charge on any atom is 0.191 e. The molecule has 0 aliphatic carbocycles. The molecule has 0 spiro atoms. The van der Waals surface area contributed by atoms with Crippen molar-refractivity contribution in [1.82, 2.24) is 10.6 Å². The number of guanidine groups is 1. The summed E-state index contributed by atoms with van der Waals surface area (Å²) in [4.78, 5) is 4.65. The zero-order valence-electron chi connectivity index (χ0n) is 16.4. The molecule has 27 heavy (non-hydrogen) atoms. The minimum Gasteiger partial charge on any atom is -0.496 e. The monoisotopic (exact) mass is 441 g/mol. The number of aliphatic imine (C=N–C) groups is 1. The maximum atomic E-state index is 5.81. The van der Waals surface area contributed by atoms with Crippen LogP contribution in [0.3, 0.4) is 0 Å². The lowest BCUT2D eigenvalue weighted by molar-refractivity contribution is 0.0203. The first-order valence-corrected chi connectivity index (χ1v) is 10.5. The first kappa shape index (κ1) is 22.0. The SMILES string of the molecule is CCNC(=NCc1ccc(OC)c(Br)c1)NCCCOCC1CCOCC1. The molecular weight excluding hydrogens is 410 g/mol. The first-order valence-electron chi connectivity index (χ1n) is 9.73. The van der Waals surface area contributed by atoms with E-state index in [4.69, 9.17) is 14.2 Å². The van der Waals surface area contributed by atoms with Crippen molar-refractivity contribution >= 4 is 21.9 Å². The third-order valence-electron chi connectivity index (χ3n) is 4.43. The quantitative estimate of drug-likeness (QED) is 0.331. The van der Waals surface area contributed by atoms with Gasteiger partial charge in [-0.1, -0.05) is 6.07 Å². The number of rotatable bonds is 10. The molecule has 1 fully saturated rings. The summed E-state index contributed by atoms with van der Waals surface area (Å²) in [6.07, 6.45) is 3.20. The summed E-state index contributed by atoms with van der Waals surface area (Å²) in [5.74, 6) is 2.32. The van der Waals surface area contributed by atoms with E-state index in [1.165, 1.54) is 0 Å². The van der Waals surface area contributed by atoms with Crippen molar-refractivity contribution in [2.24, 2.45) is 10.9 Å². The van der Waals surface area contributed by atoms with Gasteiger partial charge in [0.15, 0.2) is 5.96 Å². The van der Waals surface area contributed by atoms with Gasteiger partial charge in [0.1, 0.15) is 5.75 Å². The van der Waals surface area contributed by atoms with E-state index in [2.05, 4.69) is 38.5 Å². The van der Waals surface area contributed by atoms with E-state index in [0.717, 1.165) is 80.5 Å². The van der Waals surface area contributed by atoms with Gasteiger partial charge in [-0.3, -0.25) is 0 Å². The fourth-order valence-corrected chi connectivity index (χ4v) is 3.45. The summed E-state index contributed by atoms with van der Waals surface area (Å²) in [5.41, 5.74) is 1.12. The molecule has 152 valence electrons. The number of methoxy groups -OCH3 is 1. The zero-order valence-corrected chi connectivity index (χ0v) is 18.0. The average molecular weight is 442 g/mol. The molecule has 1 aliphatic rings. The Morgan fingerprint density at radius 3 is 2.81 bits per heavy atom. The standard InChI is InChI=1S/C20H32BrN3O3/c1-3-22-20(24-14-17-5-6-19(25-2)18(21)13-17)23-9-4-10-27-15-16-7-11-26-12-8-16/h5-6,13,16H,3-4,7-12,14-15H2,1-2H3,(H2,22,23,24). The van der Waals surface area contributed by atoms with Crippen LogP contribution in [0, 0.1) is 5.92 Å². The van der Waals surface area contributed by atoms with E-state index in [1.807, 2.05) is 18.2 Å². The van der Waals surface area contributed by atoms with Gasteiger partial charge in [-0.25, -0.2) is 4.99 Å². The van der Waals surface area contributed by atoms with Crippen molar-refractivity contribution in [2.45, 2.75) is 32.7 Å². The molecular formula is C20H32BrN3O3. The van der Waals surface area contributed by atoms with Crippen LogP contribution in [0.1, 0.15) is 31.7 Å². The lowest BCUT2D eigenvalue weighted by Crippen LogP contribution is -2.38. The molecule has 0 unspecified atom stereocenters. The molecule has 1 saturated heterocycles. The van der Waals surface area contributed by atoms with Crippen molar-refractivity contribution in [2.75, 3.05) is 46.6 Å². The number of halogens is 1. The molecule has 0 bridgehead atoms. The molecule has 0 amide bonds. The summed E-state index contributed by atoms with van der Waals surface area (Å²) in [6.45, 7) is 7.73. The van der Waals surface area contributed by atoms with Crippen LogP contribution < -0.4 is 15.4 Å². The van der Waals surface area contributed by atoms with Crippen molar-refractivity contribution in [1.29, 1.82) is 0 Å². The van der Waals surface area contributed by atoms with Crippen LogP contribution in [-0.2, 0) is 16.0 Å². The maximum absolute atomic E-state index is 5.81. The van der Waals surface area contributed by atoms with Gasteiger partial charge < -0.3 is 24.8 Å². The Morgan fingerprint density at radius 2 is 2.11 bits per heavy atom. The van der Waals surface area contributed by atoms with E-state index in [9.17, 15) is 0 Å². The van der Waals surface area contributed by atoms with Gasteiger partial charge in [-0.2, -0.15) is 0 Å². The molecule has 1 aliphatic heterocycles. The van der Waals surface area contributed by atoms with Crippen molar-refractivity contribution in [3.63, 3.8) is 0 Å². The molecule has 0 saturated carbocycles. The Kier molecular flexibility index (Phi) is 10.6. The fraction of sp³-hybridized carbons (Fsp3) is 0.650. The van der Waals surface area contributed by atoms with Crippen LogP contribution in [0.4, 0.5) is 0 Å². The second-order valence-corrected chi connectivity index (χ2v) is 7.43. The van der Waals surface area contributed by atoms with Gasteiger partial charge in [0.25, 0.3) is 0 Å². The molecule has 0 radical (unpaired) electrons. The lowest BCUT2D eigenvalue weighted by Gasteiger charge is -2.21. The summed E-state index contributed by atoms with van der Waals surface area (Å²) in [7, 11) is 1.67. The summed E-state index contributed by atoms with van der Waals surface area (Å²) >= 11 is 3.51. The van der Waals surface area contributed by atoms with Crippen LogP contribution in [0.25, 0.3) is 0 Å². The summed E-state index contributed by atoms with van der Waals surface area (Å²) in [6, 6.07) is 6.02. The molecule has 1 aromatic carbocycles. The third kappa shape index (κ3) is 8.49. The Bertz CT molecular complexity index is 578. The first-order chi connectivity index (χ1) is 13.2. The Balaban J connectivity index is 1.67. The van der Waals surface area contributed by atoms with E-state index >= 15 is 0 Å². The van der Waals surface area contributed by atoms with E-state index in [-0.39, 0.29) is 0 Å². The smallest absolute Gasteiger partial charge is 0.191 e. The van der Waals surface area contributed by atoms with Crippen LogP contribution >= 0.6 is 15.9 Å². The van der Waals surface area contributed by atoms with Crippen molar-refractivity contribution in [3.8, 4) is 5.75 Å². The number of hydrogen-bond donors (Lipinski definition) is 2. The Labute approximate surface area is 171 Å². The Hall–Kier alpha value is -1.31. The van der Waals surface area contributed by atoms with Gasteiger partial charge in [-0.05, 0) is 65.7 Å². The Morgan fingerprint density at radius 1 is 1.30 bits per heavy atom. The van der Waals surface area contributed by atoms with Gasteiger partial charge >= 0.3 is 0 Å². The van der Waals surface area contributed by atoms with Crippen LogP contribution in [0.5, 0.6) is 5.75 Å². The topological polar surface area (TPSA) is 64.1 Å². The van der Waals surface area contributed by atoms with E-state index < -0.39 is 0 Å². The molecule has 7 heteroatoms. The molecule has 1 heterocycles. The highest BCUT2D eigenvalue weighted by molar-refractivity contribution is 9.10. The summed E-state index contributed by atoms with van der Waals surface area (Å²) < 4.78 is 17.4. The third-order valence-corrected chi connectivity index (χ3v) is 5.05. The van der Waals surface area contributed by atoms with Crippen LogP contribution in [0.15, 0.2) is 27.7 Å². The van der Waals surface area contributed by atoms with Gasteiger partial charge in [0.2, 0.25) is 0 Å². The van der Waals surface area contributed by atoms with Gasteiger partial charge in [-0.15, -0.1) is 0 Å². The number of nitrogens with zero attached hydrogens (tertiary/aromatic N) is 1.